The summed E-state index contributed by atoms with van der Waals surface area (Å²) in [6.07, 6.45) is 0.861. The molecule has 15 heavy (non-hydrogen) atoms. The van der Waals surface area contributed by atoms with Gasteiger partial charge in [-0.15, -0.1) is 11.3 Å². The van der Waals surface area contributed by atoms with Gasteiger partial charge in [0.25, 0.3) is 0 Å². The van der Waals surface area contributed by atoms with Crippen LogP contribution in [0.1, 0.15) is 17.4 Å². The Kier molecular flexibility index (Phi) is 4.14. The molecule has 0 saturated carbocycles. The van der Waals surface area contributed by atoms with Gasteiger partial charge in [0, 0.05) is 24.5 Å². The Morgan fingerprint density at radius 1 is 1.47 bits per heavy atom. The Morgan fingerprint density at radius 3 is 3.20 bits per heavy atom. The highest BCUT2D eigenvalue weighted by Crippen LogP contribution is 2.19. The van der Waals surface area contributed by atoms with E-state index >= 15 is 0 Å². The van der Waals surface area contributed by atoms with Crippen LogP contribution in [0.15, 0.2) is 17.5 Å². The van der Waals surface area contributed by atoms with Crippen LogP contribution in [0.3, 0.4) is 0 Å². The molecule has 3 nitrogen and oxygen atoms in total. The van der Waals surface area contributed by atoms with Crippen molar-refractivity contribution in [3.63, 3.8) is 0 Å². The number of β-amino-alcohol motifs (C(OH)–C–C–N with tert-alkyl or cyclic N) is 1. The lowest BCUT2D eigenvalue weighted by atomic mass is 10.2. The van der Waals surface area contributed by atoms with Gasteiger partial charge in [-0.25, -0.2) is 0 Å². The van der Waals surface area contributed by atoms with E-state index in [1.54, 1.807) is 11.3 Å². The highest BCUT2D eigenvalue weighted by molar-refractivity contribution is 7.10. The second-order valence-electron chi connectivity index (χ2n) is 3.94. The normalized spacial score (nSPS) is 21.1. The highest BCUT2D eigenvalue weighted by atomic mass is 32.1. The van der Waals surface area contributed by atoms with Crippen molar-refractivity contribution in [3.8, 4) is 0 Å². The molecule has 1 unspecified atom stereocenters. The summed E-state index contributed by atoms with van der Waals surface area (Å²) in [5, 5.41) is 15.4. The van der Waals surface area contributed by atoms with E-state index < -0.39 is 0 Å². The smallest absolute Gasteiger partial charge is 0.101 e. The van der Waals surface area contributed by atoms with Crippen molar-refractivity contribution < 1.29 is 5.11 Å². The number of hydrogen-bond donors (Lipinski definition) is 2. The quantitative estimate of drug-likeness (QED) is 0.809. The molecule has 4 heteroatoms. The first kappa shape index (κ1) is 11.1. The predicted octanol–water partition coefficient (Wildman–Crippen LogP) is 1.08. The van der Waals surface area contributed by atoms with Crippen molar-refractivity contribution in [1.29, 1.82) is 0 Å². The summed E-state index contributed by atoms with van der Waals surface area (Å²) in [5.74, 6) is 0. The first-order valence-corrected chi connectivity index (χ1v) is 6.39. The highest BCUT2D eigenvalue weighted by Gasteiger charge is 2.15. The Morgan fingerprint density at radius 2 is 2.40 bits per heavy atom. The van der Waals surface area contributed by atoms with Gasteiger partial charge < -0.3 is 10.4 Å². The second kappa shape index (κ2) is 5.61. The predicted molar refractivity (Wildman–Crippen MR) is 63.2 cm³/mol. The number of nitrogens with zero attached hydrogens (tertiary/aromatic N) is 1. The van der Waals surface area contributed by atoms with Crippen LogP contribution >= 0.6 is 11.3 Å². The fraction of sp³-hybridized carbons (Fsp3) is 0.636. The molecule has 0 bridgehead atoms. The molecule has 84 valence electrons. The molecule has 0 radical (unpaired) electrons. The van der Waals surface area contributed by atoms with Crippen LogP contribution in [0, 0.1) is 0 Å². The van der Waals surface area contributed by atoms with Gasteiger partial charge in [0.2, 0.25) is 0 Å². The van der Waals surface area contributed by atoms with E-state index in [0.29, 0.717) is 0 Å². The third kappa shape index (κ3) is 3.28. The molecule has 1 atom stereocenters. The van der Waals surface area contributed by atoms with E-state index in [1.165, 1.54) is 6.42 Å². The third-order valence-electron chi connectivity index (χ3n) is 2.74. The first-order chi connectivity index (χ1) is 7.36. The zero-order chi connectivity index (χ0) is 10.5. The maximum atomic E-state index is 10.0. The van der Waals surface area contributed by atoms with Crippen LogP contribution in [0.4, 0.5) is 0 Å². The number of thiophene rings is 1. The van der Waals surface area contributed by atoms with E-state index in [2.05, 4.69) is 10.2 Å². The van der Waals surface area contributed by atoms with Crippen LogP contribution in [-0.4, -0.2) is 42.7 Å². The van der Waals surface area contributed by atoms with Crippen molar-refractivity contribution in [2.75, 3.05) is 32.7 Å². The van der Waals surface area contributed by atoms with Gasteiger partial charge in [0.1, 0.15) is 6.10 Å². The molecule has 1 aromatic heterocycles. The summed E-state index contributed by atoms with van der Waals surface area (Å²) < 4.78 is 0. The summed E-state index contributed by atoms with van der Waals surface area (Å²) in [5.41, 5.74) is 0. The lowest BCUT2D eigenvalue weighted by molar-refractivity contribution is 0.119. The van der Waals surface area contributed by atoms with Gasteiger partial charge >= 0.3 is 0 Å². The minimum absolute atomic E-state index is 0.317. The van der Waals surface area contributed by atoms with Crippen molar-refractivity contribution in [2.45, 2.75) is 12.5 Å². The zero-order valence-electron chi connectivity index (χ0n) is 8.85. The largest absolute Gasteiger partial charge is 0.386 e. The minimum atomic E-state index is -0.317. The molecule has 2 heterocycles. The molecule has 0 amide bonds. The van der Waals surface area contributed by atoms with Crippen molar-refractivity contribution >= 4 is 11.3 Å². The van der Waals surface area contributed by atoms with Crippen molar-refractivity contribution in [1.82, 2.24) is 10.2 Å². The van der Waals surface area contributed by atoms with Gasteiger partial charge in [-0.1, -0.05) is 6.07 Å². The molecule has 1 fully saturated rings. The van der Waals surface area contributed by atoms with Crippen LogP contribution in [0.5, 0.6) is 0 Å². The van der Waals surface area contributed by atoms with E-state index in [4.69, 9.17) is 0 Å². The number of hydrogen-bond acceptors (Lipinski definition) is 4. The summed E-state index contributed by atoms with van der Waals surface area (Å²) >= 11 is 1.63. The van der Waals surface area contributed by atoms with Crippen LogP contribution in [0.2, 0.25) is 0 Å². The number of aliphatic hydroxyl groups excluding tert-OH is 1. The summed E-state index contributed by atoms with van der Waals surface area (Å²) in [6, 6.07) is 4.00. The van der Waals surface area contributed by atoms with Crippen LogP contribution < -0.4 is 5.32 Å². The lowest BCUT2D eigenvalue weighted by Crippen LogP contribution is -2.31. The summed E-state index contributed by atoms with van der Waals surface area (Å²) in [4.78, 5) is 3.41. The van der Waals surface area contributed by atoms with E-state index in [1.807, 2.05) is 17.5 Å². The molecule has 1 aliphatic rings. The Hall–Kier alpha value is -0.420. The Labute approximate surface area is 94.7 Å². The van der Waals surface area contributed by atoms with Gasteiger partial charge in [-0.2, -0.15) is 0 Å². The summed E-state index contributed by atoms with van der Waals surface area (Å²) in [7, 11) is 0. The monoisotopic (exact) mass is 226 g/mol. The van der Waals surface area contributed by atoms with Gasteiger partial charge in [0.05, 0.1) is 0 Å². The standard InChI is InChI=1S/C11H18N2OS/c14-10(11-3-1-8-15-11)9-13-6-2-4-12-5-7-13/h1,3,8,10,12,14H,2,4-7,9H2. The zero-order valence-corrected chi connectivity index (χ0v) is 9.67. The number of nitrogens with one attached hydrogen (secondary N) is 1. The maximum Gasteiger partial charge on any atom is 0.101 e. The van der Waals surface area contributed by atoms with E-state index in [-0.39, 0.29) is 6.10 Å². The molecule has 0 aromatic carbocycles. The van der Waals surface area contributed by atoms with Crippen molar-refractivity contribution in [2.24, 2.45) is 0 Å². The Bertz CT molecular complexity index is 268. The Balaban J connectivity index is 1.84. The van der Waals surface area contributed by atoms with Gasteiger partial charge in [0.15, 0.2) is 0 Å². The fourth-order valence-corrected chi connectivity index (χ4v) is 2.60. The molecule has 2 N–H and O–H groups in total. The average molecular weight is 226 g/mol. The molecule has 0 aliphatic carbocycles. The molecule has 1 aromatic rings. The first-order valence-electron chi connectivity index (χ1n) is 5.51. The molecule has 1 saturated heterocycles. The second-order valence-corrected chi connectivity index (χ2v) is 4.91. The molecule has 0 spiro atoms. The average Bonchev–Trinajstić information content (AvgIpc) is 2.65. The lowest BCUT2D eigenvalue weighted by Gasteiger charge is -2.22. The fourth-order valence-electron chi connectivity index (χ4n) is 1.90. The molecular weight excluding hydrogens is 208 g/mol. The van der Waals surface area contributed by atoms with E-state index in [9.17, 15) is 5.11 Å². The SMILES string of the molecule is OC(CN1CCCNCC1)c1cccs1. The van der Waals surface area contributed by atoms with Gasteiger partial charge in [-0.05, 0) is 31.0 Å². The third-order valence-corrected chi connectivity index (χ3v) is 3.71. The van der Waals surface area contributed by atoms with Crippen molar-refractivity contribution in [3.05, 3.63) is 22.4 Å². The number of aliphatic hydroxyl groups is 1. The van der Waals surface area contributed by atoms with E-state index in [0.717, 1.165) is 37.6 Å². The molecule has 1 aliphatic heterocycles. The number of rotatable bonds is 3. The van der Waals surface area contributed by atoms with Gasteiger partial charge in [-0.3, -0.25) is 4.90 Å². The molecular formula is C11H18N2OS. The van der Waals surface area contributed by atoms with Crippen LogP contribution in [0.25, 0.3) is 0 Å². The summed E-state index contributed by atoms with van der Waals surface area (Å²) in [6.45, 7) is 5.04. The molecule has 2 rings (SSSR count). The van der Waals surface area contributed by atoms with Crippen LogP contribution in [-0.2, 0) is 0 Å². The minimum Gasteiger partial charge on any atom is -0.386 e. The topological polar surface area (TPSA) is 35.5 Å². The maximum absolute atomic E-state index is 10.0.